The van der Waals surface area contributed by atoms with Crippen LogP contribution < -0.4 is 0 Å². The third-order valence-electron chi connectivity index (χ3n) is 11.9. The highest BCUT2D eigenvalue weighted by Gasteiger charge is 2.37. The van der Waals surface area contributed by atoms with Crippen LogP contribution in [0.2, 0.25) is 0 Å². The van der Waals surface area contributed by atoms with Gasteiger partial charge in [-0.2, -0.15) is 0 Å². The van der Waals surface area contributed by atoms with Crippen molar-refractivity contribution in [2.45, 2.75) is 33.6 Å². The van der Waals surface area contributed by atoms with Gasteiger partial charge in [0, 0.05) is 37.0 Å². The smallest absolute Gasteiger partial charge is 0.280 e. The number of aromatic nitrogens is 2. The van der Waals surface area contributed by atoms with Gasteiger partial charge in [0.05, 0.1) is 45.1 Å². The number of amides is 2. The van der Waals surface area contributed by atoms with Crippen LogP contribution >= 0.6 is 22.6 Å². The normalized spacial score (nSPS) is 12.7. The summed E-state index contributed by atoms with van der Waals surface area (Å²) in [5.41, 5.74) is 2.44. The van der Waals surface area contributed by atoms with Gasteiger partial charge in [0.15, 0.2) is 11.8 Å². The minimum absolute atomic E-state index is 0.00651. The van der Waals surface area contributed by atoms with E-state index in [-0.39, 0.29) is 84.3 Å². The van der Waals surface area contributed by atoms with Crippen LogP contribution in [0.3, 0.4) is 0 Å². The van der Waals surface area contributed by atoms with Crippen molar-refractivity contribution in [2.75, 3.05) is 0 Å². The van der Waals surface area contributed by atoms with Gasteiger partial charge in [0.2, 0.25) is 0 Å². The molecule has 340 valence electrons. The molecule has 2 aromatic heterocycles. The van der Waals surface area contributed by atoms with Crippen molar-refractivity contribution in [1.82, 2.24) is 9.97 Å². The standard InChI is InChI=1S/C30H16F4N2O2.C23H19F2IN2O2/c31-21-13-19(23(33)11-17(21)15-7-3-1-4-8-15)27-25-26(30(38)35-27)28(36-29(25)37)20-14-22(32)18(12-24(20)34)16-9-5-2-6-10-16;1-4-11-7-15(24)13(6-10(11)3)20-18-19(23(30)27-20)21(28-22(18)29)14-9-17(26)12(5-2)8-16(14)25/h1-14,35,38H;6-9,27,30H,4-5H2,1-3H3. The van der Waals surface area contributed by atoms with Crippen molar-refractivity contribution in [3.8, 4) is 56.5 Å². The van der Waals surface area contributed by atoms with Crippen LogP contribution in [0.5, 0.6) is 11.8 Å². The molecule has 68 heavy (non-hydrogen) atoms. The summed E-state index contributed by atoms with van der Waals surface area (Å²) >= 11 is 2.11. The molecule has 2 amide bonds. The summed E-state index contributed by atoms with van der Waals surface area (Å²) in [6.45, 7) is 5.72. The Hall–Kier alpha value is -7.53. The molecule has 10 rings (SSSR count). The van der Waals surface area contributed by atoms with E-state index in [1.165, 1.54) is 12.1 Å². The average molecular weight is 1030 g/mol. The monoisotopic (exact) mass is 1030 g/mol. The van der Waals surface area contributed by atoms with Crippen molar-refractivity contribution >= 4 is 45.8 Å². The molecular formula is C53H35F6IN4O4. The molecule has 0 unspecified atom stereocenters. The van der Waals surface area contributed by atoms with Gasteiger partial charge >= 0.3 is 0 Å². The first-order valence-corrected chi connectivity index (χ1v) is 22.2. The number of carbonyl (C=O) groups is 2. The molecule has 2 aliphatic rings. The van der Waals surface area contributed by atoms with Crippen LogP contribution in [0, 0.1) is 45.4 Å². The lowest BCUT2D eigenvalue weighted by molar-refractivity contribution is 0.0998. The Bertz CT molecular complexity index is 3470. The topological polar surface area (TPSA) is 131 Å². The number of nitrogens with zero attached hydrogens (tertiary/aromatic N) is 2. The first-order chi connectivity index (χ1) is 32.6. The fourth-order valence-electron chi connectivity index (χ4n) is 8.56. The number of rotatable bonds is 8. The quantitative estimate of drug-likeness (QED) is 0.0892. The van der Waals surface area contributed by atoms with Gasteiger partial charge < -0.3 is 20.2 Å². The SMILES string of the molecule is CCc1cc(F)c(-c2[nH]c(O)c3c2C(=O)N=C3c2cc(I)c(CC)cc2F)cc1C.O=C1N=C(c2cc(F)c(-c3ccccc3)cc2F)c2c(O)[nH]c(-c3cc(F)c(-c4ccccc4)cc3F)c21. The maximum Gasteiger partial charge on any atom is 0.280 e. The van der Waals surface area contributed by atoms with Crippen molar-refractivity contribution in [1.29, 1.82) is 0 Å². The van der Waals surface area contributed by atoms with E-state index in [0.717, 1.165) is 44.5 Å². The minimum atomic E-state index is -0.916. The number of aryl methyl sites for hydroxylation is 3. The molecule has 6 aromatic carbocycles. The molecule has 15 heteroatoms. The average Bonchev–Trinajstić information content (AvgIpc) is 4.07. The van der Waals surface area contributed by atoms with Crippen LogP contribution in [0.15, 0.2) is 119 Å². The lowest BCUT2D eigenvalue weighted by atomic mass is 9.96. The summed E-state index contributed by atoms with van der Waals surface area (Å²) in [5, 5.41) is 21.2. The zero-order valence-electron chi connectivity index (χ0n) is 36.1. The Morgan fingerprint density at radius 2 is 0.853 bits per heavy atom. The highest BCUT2D eigenvalue weighted by atomic mass is 127. The lowest BCUT2D eigenvalue weighted by Gasteiger charge is -2.09. The van der Waals surface area contributed by atoms with Crippen LogP contribution in [0.1, 0.15) is 73.5 Å². The van der Waals surface area contributed by atoms with Crippen LogP contribution in [0.4, 0.5) is 26.3 Å². The number of hydrogen-bond donors (Lipinski definition) is 4. The largest absolute Gasteiger partial charge is 0.494 e. The number of halogens is 7. The van der Waals surface area contributed by atoms with Gasteiger partial charge in [0.25, 0.3) is 11.8 Å². The molecule has 0 saturated heterocycles. The van der Waals surface area contributed by atoms with E-state index in [9.17, 15) is 28.6 Å². The molecule has 0 fully saturated rings. The minimum Gasteiger partial charge on any atom is -0.494 e. The number of aliphatic imine (C=N–C) groups is 2. The Morgan fingerprint density at radius 1 is 0.485 bits per heavy atom. The predicted molar refractivity (Wildman–Crippen MR) is 255 cm³/mol. The molecule has 2 aliphatic heterocycles. The van der Waals surface area contributed by atoms with E-state index < -0.39 is 52.6 Å². The molecule has 0 radical (unpaired) electrons. The molecular weight excluding hydrogens is 997 g/mol. The van der Waals surface area contributed by atoms with E-state index in [0.29, 0.717) is 24.0 Å². The van der Waals surface area contributed by atoms with E-state index >= 15 is 17.6 Å². The van der Waals surface area contributed by atoms with Gasteiger partial charge in [-0.25, -0.2) is 36.3 Å². The maximum atomic E-state index is 15.2. The molecule has 4 heterocycles. The van der Waals surface area contributed by atoms with Crippen molar-refractivity contribution in [2.24, 2.45) is 9.98 Å². The molecule has 8 aromatic rings. The summed E-state index contributed by atoms with van der Waals surface area (Å²) < 4.78 is 90.9. The van der Waals surface area contributed by atoms with E-state index in [1.54, 1.807) is 72.8 Å². The predicted octanol–water partition coefficient (Wildman–Crippen LogP) is 13.0. The Kier molecular flexibility index (Phi) is 12.0. The summed E-state index contributed by atoms with van der Waals surface area (Å²) in [5.74, 6) is -6.80. The van der Waals surface area contributed by atoms with Gasteiger partial charge in [-0.3, -0.25) is 9.59 Å². The number of carbonyl (C=O) groups excluding carboxylic acids is 2. The number of aromatic hydroxyl groups is 2. The number of benzene rings is 6. The second-order valence-electron chi connectivity index (χ2n) is 16.0. The van der Waals surface area contributed by atoms with Crippen molar-refractivity contribution < 1.29 is 46.1 Å². The van der Waals surface area contributed by atoms with Gasteiger partial charge in [0.1, 0.15) is 34.9 Å². The van der Waals surface area contributed by atoms with Gasteiger partial charge in [-0.15, -0.1) is 0 Å². The first-order valence-electron chi connectivity index (χ1n) is 21.1. The molecule has 8 nitrogen and oxygen atoms in total. The van der Waals surface area contributed by atoms with E-state index in [2.05, 4.69) is 42.5 Å². The van der Waals surface area contributed by atoms with Gasteiger partial charge in [-0.1, -0.05) is 74.5 Å². The van der Waals surface area contributed by atoms with E-state index in [4.69, 9.17) is 0 Å². The fourth-order valence-corrected chi connectivity index (χ4v) is 9.41. The number of nitrogens with one attached hydrogen (secondary N) is 2. The molecule has 0 spiro atoms. The van der Waals surface area contributed by atoms with Crippen LogP contribution in [-0.4, -0.2) is 43.4 Å². The Balaban J connectivity index is 0.000000175. The van der Waals surface area contributed by atoms with Crippen LogP contribution in [-0.2, 0) is 12.8 Å². The Labute approximate surface area is 397 Å². The highest BCUT2D eigenvalue weighted by molar-refractivity contribution is 14.1. The zero-order chi connectivity index (χ0) is 48.3. The molecule has 4 N–H and O–H groups in total. The number of H-pyrrole nitrogens is 2. The summed E-state index contributed by atoms with van der Waals surface area (Å²) in [6.07, 6.45) is 1.34. The first kappa shape index (κ1) is 45.6. The van der Waals surface area contributed by atoms with Crippen LogP contribution in [0.25, 0.3) is 44.8 Å². The maximum absolute atomic E-state index is 15.2. The van der Waals surface area contributed by atoms with Crippen molar-refractivity contribution in [3.63, 3.8) is 0 Å². The molecule has 0 bridgehead atoms. The fraction of sp³-hybridized carbons (Fsp3) is 0.0943. The highest BCUT2D eigenvalue weighted by Crippen LogP contribution is 2.43. The van der Waals surface area contributed by atoms with E-state index in [1.807, 2.05) is 20.8 Å². The second-order valence-corrected chi connectivity index (χ2v) is 17.1. The van der Waals surface area contributed by atoms with Crippen molar-refractivity contribution in [3.05, 3.63) is 198 Å². The number of fused-ring (bicyclic) bond motifs is 2. The molecule has 0 aliphatic carbocycles. The Morgan fingerprint density at radius 3 is 1.34 bits per heavy atom. The number of aromatic amines is 2. The molecule has 0 atom stereocenters. The van der Waals surface area contributed by atoms with Gasteiger partial charge in [-0.05, 0) is 119 Å². The zero-order valence-corrected chi connectivity index (χ0v) is 38.2. The third kappa shape index (κ3) is 7.89. The third-order valence-corrected chi connectivity index (χ3v) is 12.9. The summed E-state index contributed by atoms with van der Waals surface area (Å²) in [6, 6.07) is 26.6. The summed E-state index contributed by atoms with van der Waals surface area (Å²) in [7, 11) is 0. The number of hydrogen-bond acceptors (Lipinski definition) is 4. The lowest BCUT2D eigenvalue weighted by Crippen LogP contribution is -2.05. The summed E-state index contributed by atoms with van der Waals surface area (Å²) in [4.78, 5) is 38.6. The second kappa shape index (κ2) is 17.9. The molecule has 0 saturated carbocycles.